The van der Waals surface area contributed by atoms with E-state index in [4.69, 9.17) is 34.8 Å². The van der Waals surface area contributed by atoms with Crippen LogP contribution in [0.1, 0.15) is 138 Å². The first-order chi connectivity index (χ1) is 23.0. The van der Waals surface area contributed by atoms with E-state index in [1.165, 1.54) is 118 Å². The van der Waals surface area contributed by atoms with Crippen molar-refractivity contribution in [2.24, 2.45) is 0 Å². The predicted octanol–water partition coefficient (Wildman–Crippen LogP) is 13.3. The molecule has 5 heteroatoms. The maximum absolute atomic E-state index is 6.65. The first-order valence-electron chi connectivity index (χ1n) is 18.5. The van der Waals surface area contributed by atoms with Crippen molar-refractivity contribution in [3.63, 3.8) is 0 Å². The van der Waals surface area contributed by atoms with Crippen LogP contribution in [0.2, 0.25) is 21.4 Å². The van der Waals surface area contributed by atoms with Crippen molar-refractivity contribution in [3.8, 4) is 0 Å². The normalized spacial score (nSPS) is 11.8. The van der Waals surface area contributed by atoms with Crippen LogP contribution in [-0.2, 0) is 5.41 Å². The Hall–Kier alpha value is -1.45. The number of rotatable bonds is 20. The Morgan fingerprint density at radius 3 is 1.10 bits per heavy atom. The summed E-state index contributed by atoms with van der Waals surface area (Å²) in [6, 6.07) is 19.5. The molecule has 48 heavy (non-hydrogen) atoms. The van der Waals surface area contributed by atoms with Crippen LogP contribution in [0.15, 0.2) is 54.6 Å². The van der Waals surface area contributed by atoms with Crippen LogP contribution < -0.4 is 0 Å². The van der Waals surface area contributed by atoms with Gasteiger partial charge in [-0.15, -0.1) is 0 Å². The zero-order valence-electron chi connectivity index (χ0n) is 30.8. The van der Waals surface area contributed by atoms with Crippen LogP contribution in [0.4, 0.5) is 0 Å². The molecule has 0 unspecified atom stereocenters. The summed E-state index contributed by atoms with van der Waals surface area (Å²) in [5, 5.41) is 2.38. The number of hydrogen-bond acceptors (Lipinski definition) is 0. The number of nitrogens with zero attached hydrogens (tertiary/aromatic N) is 1. The monoisotopic (exact) mass is 713 g/mol. The lowest BCUT2D eigenvalue weighted by Crippen LogP contribution is -2.50. The number of hydrogen-bond donors (Lipinski definition) is 0. The standard InChI is InChI=1S/C27H31BCl3.C16H36N/c1-18-7-10-21(15-24(18)29)27(13-5-4-6-14-28,22-11-8-19(2)25(30)16-22)23-12-9-20(3)26(31)17-23;1-5-9-13-17(14-10-6-2,15-11-7-3)16-12-8-4/h7-12,15-17H,4-6,13-14H2,1-3,28H3;5-16H2,1-4H3/q-1;+1. The molecule has 0 amide bonds. The van der Waals surface area contributed by atoms with Crippen molar-refractivity contribution in [1.29, 1.82) is 0 Å². The van der Waals surface area contributed by atoms with Gasteiger partial charge in [-0.1, -0.05) is 144 Å². The molecule has 0 N–H and O–H groups in total. The SMILES string of the molecule is CCCC[N+](CCCC)(CCCC)CCCC.[BH3-]CCCCCC(c1ccc(C)c(Cl)c1)(c1ccc(C)c(Cl)c1)c1ccc(C)c(Cl)c1. The third-order valence-electron chi connectivity index (χ3n) is 9.99. The van der Waals surface area contributed by atoms with E-state index in [1.807, 2.05) is 20.8 Å². The van der Waals surface area contributed by atoms with Crippen LogP contribution in [0, 0.1) is 20.8 Å². The van der Waals surface area contributed by atoms with Crippen molar-refractivity contribution in [2.75, 3.05) is 26.2 Å². The molecule has 3 aromatic carbocycles. The average molecular weight is 715 g/mol. The van der Waals surface area contributed by atoms with Gasteiger partial charge in [0.25, 0.3) is 0 Å². The summed E-state index contributed by atoms with van der Waals surface area (Å²) in [7, 11) is 0.479. The highest BCUT2D eigenvalue weighted by Gasteiger charge is 2.37. The largest absolute Gasteiger partial charge is 0.324 e. The fourth-order valence-electron chi connectivity index (χ4n) is 6.72. The zero-order valence-corrected chi connectivity index (χ0v) is 33.1. The molecule has 0 aliphatic rings. The molecule has 0 heterocycles. The van der Waals surface area contributed by atoms with E-state index in [2.05, 4.69) is 82.3 Å². The van der Waals surface area contributed by atoms with Gasteiger partial charge >= 0.3 is 0 Å². The Balaban J connectivity index is 0.000000401. The Morgan fingerprint density at radius 1 is 0.500 bits per heavy atom. The van der Waals surface area contributed by atoms with Crippen molar-refractivity contribution in [2.45, 2.75) is 137 Å². The summed E-state index contributed by atoms with van der Waals surface area (Å²) in [5.41, 5.74) is 6.49. The second-order valence-electron chi connectivity index (χ2n) is 13.8. The highest BCUT2D eigenvalue weighted by atomic mass is 35.5. The summed E-state index contributed by atoms with van der Waals surface area (Å²) in [6.45, 7) is 21.2. The second-order valence-corrected chi connectivity index (χ2v) is 15.0. The minimum Gasteiger partial charge on any atom is -0.324 e. The number of halogens is 3. The lowest BCUT2D eigenvalue weighted by molar-refractivity contribution is -0.929. The summed E-state index contributed by atoms with van der Waals surface area (Å²) >= 11 is 19.9. The van der Waals surface area contributed by atoms with Crippen LogP contribution in [0.5, 0.6) is 0 Å². The van der Waals surface area contributed by atoms with Crippen LogP contribution in [0.3, 0.4) is 0 Å². The molecule has 0 radical (unpaired) electrons. The predicted molar refractivity (Wildman–Crippen MR) is 221 cm³/mol. The molecule has 1 nitrogen and oxygen atoms in total. The first-order valence-corrected chi connectivity index (χ1v) is 19.6. The topological polar surface area (TPSA) is 0 Å². The smallest absolute Gasteiger partial charge is 0.0786 e. The van der Waals surface area contributed by atoms with E-state index in [-0.39, 0.29) is 5.41 Å². The van der Waals surface area contributed by atoms with Crippen molar-refractivity contribution >= 4 is 42.6 Å². The number of quaternary nitrogens is 1. The van der Waals surface area contributed by atoms with Crippen LogP contribution in [-0.4, -0.2) is 38.5 Å². The minimum atomic E-state index is -0.355. The molecule has 0 saturated heterocycles. The lowest BCUT2D eigenvalue weighted by atomic mass is 9.66. The maximum atomic E-state index is 6.65. The van der Waals surface area contributed by atoms with E-state index in [0.29, 0.717) is 7.85 Å². The van der Waals surface area contributed by atoms with Crippen molar-refractivity contribution in [1.82, 2.24) is 0 Å². The van der Waals surface area contributed by atoms with Gasteiger partial charge < -0.3 is 4.48 Å². The van der Waals surface area contributed by atoms with Gasteiger partial charge in [-0.25, -0.2) is 0 Å². The van der Waals surface area contributed by atoms with Gasteiger partial charge in [0.05, 0.1) is 26.2 Å². The van der Waals surface area contributed by atoms with E-state index in [0.717, 1.165) is 44.6 Å². The molecular weight excluding hydrogens is 648 g/mol. The Labute approximate surface area is 312 Å². The molecule has 0 aromatic heterocycles. The average Bonchev–Trinajstić information content (AvgIpc) is 3.08. The summed E-state index contributed by atoms with van der Waals surface area (Å²) in [5.74, 6) is 0. The Bertz CT molecular complexity index is 1190. The van der Waals surface area contributed by atoms with Gasteiger partial charge in [-0.05, 0) is 112 Å². The molecule has 0 spiro atoms. The van der Waals surface area contributed by atoms with Gasteiger partial charge in [-0.2, -0.15) is 6.32 Å². The molecule has 0 aliphatic heterocycles. The molecule has 3 aromatic rings. The van der Waals surface area contributed by atoms with Crippen molar-refractivity contribution in [3.05, 3.63) is 103 Å². The lowest BCUT2D eigenvalue weighted by Gasteiger charge is -2.39. The summed E-state index contributed by atoms with van der Waals surface area (Å²) in [6.07, 6.45) is 17.3. The summed E-state index contributed by atoms with van der Waals surface area (Å²) < 4.78 is 1.42. The fourth-order valence-corrected chi connectivity index (χ4v) is 7.26. The quantitative estimate of drug-likeness (QED) is 0.0473. The molecule has 3 rings (SSSR count). The van der Waals surface area contributed by atoms with Gasteiger partial charge in [0.1, 0.15) is 0 Å². The molecule has 0 saturated carbocycles. The molecule has 0 atom stereocenters. The highest BCUT2D eigenvalue weighted by molar-refractivity contribution is 6.32. The number of aryl methyl sites for hydroxylation is 3. The molecular formula is C43H67BCl3N. The molecule has 0 aliphatic carbocycles. The number of benzene rings is 3. The number of unbranched alkanes of at least 4 members (excludes halogenated alkanes) is 6. The van der Waals surface area contributed by atoms with E-state index in [1.54, 1.807) is 0 Å². The Morgan fingerprint density at radius 2 is 0.833 bits per heavy atom. The maximum Gasteiger partial charge on any atom is 0.0786 e. The molecule has 0 bridgehead atoms. The van der Waals surface area contributed by atoms with Gasteiger partial charge in [0.2, 0.25) is 0 Å². The fraction of sp³-hybridized carbons (Fsp3) is 0.581. The van der Waals surface area contributed by atoms with E-state index < -0.39 is 0 Å². The third-order valence-corrected chi connectivity index (χ3v) is 11.2. The van der Waals surface area contributed by atoms with Crippen LogP contribution >= 0.6 is 34.8 Å². The minimum absolute atomic E-state index is 0.355. The first kappa shape index (κ1) is 42.7. The van der Waals surface area contributed by atoms with Gasteiger partial charge in [0, 0.05) is 20.5 Å². The molecule has 0 fully saturated rings. The molecule has 268 valence electrons. The van der Waals surface area contributed by atoms with Gasteiger partial charge in [-0.3, -0.25) is 0 Å². The van der Waals surface area contributed by atoms with Gasteiger partial charge in [0.15, 0.2) is 0 Å². The summed E-state index contributed by atoms with van der Waals surface area (Å²) in [4.78, 5) is 0. The Kier molecular flexibility index (Phi) is 19.9. The van der Waals surface area contributed by atoms with E-state index in [9.17, 15) is 0 Å². The highest BCUT2D eigenvalue weighted by Crippen LogP contribution is 2.46. The van der Waals surface area contributed by atoms with E-state index >= 15 is 0 Å². The zero-order chi connectivity index (χ0) is 35.6. The van der Waals surface area contributed by atoms with Crippen molar-refractivity contribution < 1.29 is 4.48 Å². The second kappa shape index (κ2) is 22.4. The third kappa shape index (κ3) is 12.4. The van der Waals surface area contributed by atoms with Crippen LogP contribution in [0.25, 0.3) is 0 Å².